The number of rotatable bonds is 17. The van der Waals surface area contributed by atoms with Crippen molar-refractivity contribution in [2.24, 2.45) is 10.8 Å². The SMILES string of the molecule is CC1(C)CC(=O)CC(=O)C1.CCOC(=O)C1=C(COCCN2C(=O)c3ccccc3C2=O)NC2=C(C(=O)CC(C)(C)C2)C1c1cccnc1.CCOC(=O)CC(=O)COCCN1C(=O)c2ccccc2C1=O.O=Cc1cccnc1. The first kappa shape index (κ1) is 60.7. The van der Waals surface area contributed by atoms with Crippen LogP contribution < -0.4 is 5.32 Å². The number of allylic oxidation sites excluding steroid dienone is 2. The predicted molar refractivity (Wildman–Crippen MR) is 288 cm³/mol. The normalized spacial score (nSPS) is 17.6. The molecule has 80 heavy (non-hydrogen) atoms. The van der Waals surface area contributed by atoms with Crippen molar-refractivity contribution in [1.82, 2.24) is 25.1 Å². The monoisotopic (exact) mass is 1100 g/mol. The molecule has 2 aromatic carbocycles. The number of carbonyl (C=O) groups is 11. The molecule has 420 valence electrons. The van der Waals surface area contributed by atoms with Crippen LogP contribution in [-0.4, -0.2) is 137 Å². The van der Waals surface area contributed by atoms with Gasteiger partial charge in [0.15, 0.2) is 17.9 Å². The van der Waals surface area contributed by atoms with E-state index in [2.05, 4.69) is 20.0 Å². The summed E-state index contributed by atoms with van der Waals surface area (Å²) in [5, 5.41) is 3.34. The minimum absolute atomic E-state index is 0.000518. The molecule has 1 saturated carbocycles. The molecule has 1 atom stereocenters. The van der Waals surface area contributed by atoms with Crippen LogP contribution in [0.4, 0.5) is 0 Å². The van der Waals surface area contributed by atoms with E-state index in [0.717, 1.165) is 16.9 Å². The molecule has 5 aliphatic rings. The molecule has 4 amide bonds. The highest BCUT2D eigenvalue weighted by Crippen LogP contribution is 2.47. The first-order valence-electron chi connectivity index (χ1n) is 26.1. The Balaban J connectivity index is 0.000000209. The maximum Gasteiger partial charge on any atom is 0.336 e. The van der Waals surface area contributed by atoms with Crippen LogP contribution >= 0.6 is 0 Å². The lowest BCUT2D eigenvalue weighted by Gasteiger charge is -2.39. The summed E-state index contributed by atoms with van der Waals surface area (Å²) in [5.74, 6) is -3.45. The Hall–Kier alpha value is -8.49. The third-order valence-corrected chi connectivity index (χ3v) is 13.0. The average molecular weight is 1100 g/mol. The molecular formula is C60H65N5O15. The first-order valence-corrected chi connectivity index (χ1v) is 26.1. The fourth-order valence-electron chi connectivity index (χ4n) is 9.69. The van der Waals surface area contributed by atoms with E-state index in [1.165, 1.54) is 11.1 Å². The summed E-state index contributed by atoms with van der Waals surface area (Å²) in [6.07, 6.45) is 9.18. The molecule has 3 aliphatic heterocycles. The number of fused-ring (bicyclic) bond motifs is 2. The summed E-state index contributed by atoms with van der Waals surface area (Å²) in [6.45, 7) is 11.7. The third-order valence-electron chi connectivity index (χ3n) is 13.0. The number of esters is 2. The minimum atomic E-state index is -0.646. The molecule has 1 N–H and O–H groups in total. The van der Waals surface area contributed by atoms with Crippen LogP contribution in [0.1, 0.15) is 143 Å². The summed E-state index contributed by atoms with van der Waals surface area (Å²) >= 11 is 0. The maximum absolute atomic E-state index is 13.4. The maximum atomic E-state index is 13.4. The molecule has 0 saturated heterocycles. The second-order valence-electron chi connectivity index (χ2n) is 20.7. The van der Waals surface area contributed by atoms with E-state index >= 15 is 0 Å². The van der Waals surface area contributed by atoms with Crippen molar-refractivity contribution in [3.63, 3.8) is 0 Å². The van der Waals surface area contributed by atoms with Gasteiger partial charge in [0.1, 0.15) is 24.6 Å². The van der Waals surface area contributed by atoms with Crippen molar-refractivity contribution in [3.05, 3.63) is 154 Å². The van der Waals surface area contributed by atoms with E-state index in [1.54, 1.807) is 99.2 Å². The number of aldehydes is 1. The zero-order valence-corrected chi connectivity index (χ0v) is 45.7. The van der Waals surface area contributed by atoms with Crippen molar-refractivity contribution < 1.29 is 71.7 Å². The highest BCUT2D eigenvalue weighted by molar-refractivity contribution is 6.22. The van der Waals surface area contributed by atoms with Crippen molar-refractivity contribution in [3.8, 4) is 0 Å². The number of aromatic nitrogens is 2. The van der Waals surface area contributed by atoms with Crippen molar-refractivity contribution >= 4 is 65.0 Å². The second kappa shape index (κ2) is 27.9. The number of ketones is 4. The summed E-state index contributed by atoms with van der Waals surface area (Å²) in [7, 11) is 0. The molecule has 0 spiro atoms. The van der Waals surface area contributed by atoms with Gasteiger partial charge < -0.3 is 24.3 Å². The molecule has 9 rings (SSSR count). The number of nitrogens with zero attached hydrogens (tertiary/aromatic N) is 4. The van der Waals surface area contributed by atoms with Crippen LogP contribution in [0.5, 0.6) is 0 Å². The zero-order valence-electron chi connectivity index (χ0n) is 45.7. The molecule has 5 heterocycles. The lowest BCUT2D eigenvalue weighted by atomic mass is 9.69. The number of nitrogens with one attached hydrogen (secondary N) is 1. The third kappa shape index (κ3) is 15.8. The summed E-state index contributed by atoms with van der Waals surface area (Å²) in [5.41, 5.74) is 4.63. The van der Waals surface area contributed by atoms with Gasteiger partial charge in [0.2, 0.25) is 0 Å². The van der Waals surface area contributed by atoms with Crippen LogP contribution in [0.15, 0.2) is 120 Å². The number of carbonyl (C=O) groups excluding carboxylic acids is 11. The van der Waals surface area contributed by atoms with Gasteiger partial charge in [-0.1, -0.05) is 58.0 Å². The van der Waals surface area contributed by atoms with E-state index in [0.29, 0.717) is 75.9 Å². The Labute approximate surface area is 463 Å². The fourth-order valence-corrected chi connectivity index (χ4v) is 9.69. The second-order valence-corrected chi connectivity index (χ2v) is 20.7. The number of imide groups is 2. The molecule has 1 fully saturated rings. The number of ether oxygens (including phenoxy) is 4. The minimum Gasteiger partial charge on any atom is -0.466 e. The smallest absolute Gasteiger partial charge is 0.336 e. The number of hydrogen-bond donors (Lipinski definition) is 1. The average Bonchev–Trinajstić information content (AvgIpc) is 3.90. The topological polar surface area (TPSA) is 269 Å². The Morgan fingerprint density at radius 1 is 0.650 bits per heavy atom. The van der Waals surface area contributed by atoms with Crippen molar-refractivity contribution in [2.75, 3.05) is 52.7 Å². The molecule has 2 aliphatic carbocycles. The number of pyridine rings is 2. The van der Waals surface area contributed by atoms with Crippen molar-refractivity contribution in [1.29, 1.82) is 0 Å². The van der Waals surface area contributed by atoms with E-state index in [1.807, 2.05) is 33.8 Å². The van der Waals surface area contributed by atoms with Crippen molar-refractivity contribution in [2.45, 2.75) is 86.0 Å². The van der Waals surface area contributed by atoms with Crippen LogP contribution in [0, 0.1) is 10.8 Å². The highest BCUT2D eigenvalue weighted by Gasteiger charge is 2.44. The van der Waals surface area contributed by atoms with E-state index in [9.17, 15) is 52.7 Å². The number of benzene rings is 2. The van der Waals surface area contributed by atoms with Gasteiger partial charge in [-0.15, -0.1) is 0 Å². The first-order chi connectivity index (χ1) is 38.2. The highest BCUT2D eigenvalue weighted by atomic mass is 16.5. The van der Waals surface area contributed by atoms with Gasteiger partial charge in [-0.05, 0) is 79.1 Å². The number of Topliss-reactive ketones (excluding diaryl/α,β-unsaturated/α-hetero) is 4. The Kier molecular flexibility index (Phi) is 21.2. The van der Waals surface area contributed by atoms with E-state index in [-0.39, 0.29) is 117 Å². The Morgan fingerprint density at radius 2 is 1.16 bits per heavy atom. The predicted octanol–water partition coefficient (Wildman–Crippen LogP) is 6.59. The number of dihydropyridines is 1. The van der Waals surface area contributed by atoms with Crippen LogP contribution in [0.2, 0.25) is 0 Å². The number of amides is 4. The fraction of sp³-hybridized carbons (Fsp3) is 0.383. The van der Waals surface area contributed by atoms with Crippen LogP contribution in [0.25, 0.3) is 0 Å². The Bertz CT molecular complexity index is 3000. The lowest BCUT2D eigenvalue weighted by Crippen LogP contribution is -2.40. The van der Waals surface area contributed by atoms with Gasteiger partial charge in [0.05, 0.1) is 86.1 Å². The molecule has 4 aromatic rings. The molecule has 20 heteroatoms. The standard InChI is InChI=1S/C30H31N3O6.C16H17NO6.C8H12O2.C6H5NO/c1-4-39-29(37)26-22(17-38-13-12-33-27(35)19-9-5-6-10-20(19)28(33)36)32-21-14-30(2,3)15-23(34)25(21)24(26)18-8-7-11-31-16-18;1-2-23-14(19)9-11(18)10-22-8-7-17-15(20)12-5-3-4-6-13(12)16(17)21;1-8(2)4-6(9)3-7(10)5-8;8-5-6-2-1-3-7-4-6/h5-11,16,24,32H,4,12-15,17H2,1-3H3;3-6H,2,7-10H2,1H3;3-5H2,1-2H3;1-5H. The van der Waals surface area contributed by atoms with Gasteiger partial charge >= 0.3 is 11.9 Å². The summed E-state index contributed by atoms with van der Waals surface area (Å²) in [6, 6.07) is 20.3. The van der Waals surface area contributed by atoms with Crippen LogP contribution in [-0.2, 0) is 47.7 Å². The van der Waals surface area contributed by atoms with Crippen LogP contribution in [0.3, 0.4) is 0 Å². The largest absolute Gasteiger partial charge is 0.466 e. The van der Waals surface area contributed by atoms with Gasteiger partial charge in [0, 0.05) is 66.8 Å². The molecule has 2 aromatic heterocycles. The van der Waals surface area contributed by atoms with Gasteiger partial charge in [0.25, 0.3) is 23.6 Å². The summed E-state index contributed by atoms with van der Waals surface area (Å²) in [4.78, 5) is 141. The molecule has 20 nitrogen and oxygen atoms in total. The molecule has 1 unspecified atom stereocenters. The van der Waals surface area contributed by atoms with Gasteiger partial charge in [-0.2, -0.15) is 0 Å². The lowest BCUT2D eigenvalue weighted by molar-refractivity contribution is -0.146. The zero-order chi connectivity index (χ0) is 58.1. The van der Waals surface area contributed by atoms with E-state index in [4.69, 9.17) is 14.2 Å². The molecule has 0 radical (unpaired) electrons. The van der Waals surface area contributed by atoms with Gasteiger partial charge in [-0.25, -0.2) is 4.79 Å². The van der Waals surface area contributed by atoms with Gasteiger partial charge in [-0.3, -0.25) is 67.7 Å². The van der Waals surface area contributed by atoms with E-state index < -0.39 is 23.6 Å². The molecular weight excluding hydrogens is 1030 g/mol. The molecule has 0 bridgehead atoms. The Morgan fingerprint density at radius 3 is 1.62 bits per heavy atom. The number of hydrogen-bond acceptors (Lipinski definition) is 18. The quantitative estimate of drug-likeness (QED) is 0.0384. The summed E-state index contributed by atoms with van der Waals surface area (Å²) < 4.78 is 21.1.